The Morgan fingerprint density at radius 2 is 2.05 bits per heavy atom. The number of carbonyl (C=O) groups is 1. The average molecular weight is 355 g/mol. The van der Waals surface area contributed by atoms with Crippen LogP contribution in [0.1, 0.15) is 5.56 Å². The van der Waals surface area contributed by atoms with Gasteiger partial charge >= 0.3 is 0 Å². The van der Waals surface area contributed by atoms with E-state index in [4.69, 9.17) is 16.3 Å². The molecule has 0 radical (unpaired) electrons. The summed E-state index contributed by atoms with van der Waals surface area (Å²) in [6.45, 7) is 0. The van der Waals surface area contributed by atoms with Gasteiger partial charge in [0.15, 0.2) is 0 Å². The second kappa shape index (κ2) is 6.77. The maximum Gasteiger partial charge on any atom is 0.228 e. The Morgan fingerprint density at radius 1 is 1.30 bits per heavy atom. The van der Waals surface area contributed by atoms with Gasteiger partial charge in [-0.2, -0.15) is 0 Å². The van der Waals surface area contributed by atoms with Gasteiger partial charge in [-0.05, 0) is 24.3 Å². The summed E-state index contributed by atoms with van der Waals surface area (Å²) < 4.78 is 6.08. The Hall–Kier alpha value is -1.52. The molecule has 0 aromatic heterocycles. The fourth-order valence-electron chi connectivity index (χ4n) is 1.81. The molecule has 5 heteroatoms. The molecule has 1 amide bonds. The van der Waals surface area contributed by atoms with Gasteiger partial charge in [0.1, 0.15) is 5.75 Å². The number of carbonyl (C=O) groups excluding carboxylic acids is 1. The van der Waals surface area contributed by atoms with Crippen molar-refractivity contribution < 1.29 is 9.53 Å². The van der Waals surface area contributed by atoms with Crippen molar-refractivity contribution in [2.24, 2.45) is 0 Å². The summed E-state index contributed by atoms with van der Waals surface area (Å²) in [5, 5.41) is 3.30. The number of nitrogens with one attached hydrogen (secondary N) is 1. The molecule has 2 aromatic carbocycles. The third kappa shape index (κ3) is 3.74. The summed E-state index contributed by atoms with van der Waals surface area (Å²) in [7, 11) is 1.59. The van der Waals surface area contributed by atoms with Crippen LogP contribution >= 0.6 is 27.5 Å². The molecule has 0 fully saturated rings. The van der Waals surface area contributed by atoms with E-state index in [0.29, 0.717) is 16.5 Å². The molecule has 1 N–H and O–H groups in total. The molecular weight excluding hydrogens is 342 g/mol. The largest absolute Gasteiger partial charge is 0.496 e. The lowest BCUT2D eigenvalue weighted by Gasteiger charge is -2.10. The molecule has 0 spiro atoms. The van der Waals surface area contributed by atoms with Crippen molar-refractivity contribution >= 4 is 39.1 Å². The number of hydrogen-bond acceptors (Lipinski definition) is 2. The molecule has 0 heterocycles. The van der Waals surface area contributed by atoms with Crippen LogP contribution in [0.4, 0.5) is 5.69 Å². The van der Waals surface area contributed by atoms with Crippen LogP contribution in [0.5, 0.6) is 5.75 Å². The van der Waals surface area contributed by atoms with Gasteiger partial charge in [0.25, 0.3) is 0 Å². The summed E-state index contributed by atoms with van der Waals surface area (Å²) in [5.74, 6) is 0.553. The second-order valence-electron chi connectivity index (χ2n) is 4.16. The van der Waals surface area contributed by atoms with E-state index in [1.54, 1.807) is 19.2 Å². The molecule has 0 aliphatic heterocycles. The number of halogens is 2. The van der Waals surface area contributed by atoms with Gasteiger partial charge in [-0.15, -0.1) is 0 Å². The number of rotatable bonds is 4. The smallest absolute Gasteiger partial charge is 0.228 e. The van der Waals surface area contributed by atoms with E-state index in [9.17, 15) is 4.79 Å². The maximum absolute atomic E-state index is 12.1. The molecule has 0 saturated carbocycles. The van der Waals surface area contributed by atoms with Gasteiger partial charge in [0, 0.05) is 10.0 Å². The molecule has 2 aromatic rings. The fraction of sp³-hybridized carbons (Fsp3) is 0.133. The number of amides is 1. The Balaban J connectivity index is 2.11. The predicted molar refractivity (Wildman–Crippen MR) is 84.5 cm³/mol. The standard InChI is InChI=1S/C15H13BrClNO2/c1-20-14-5-3-2-4-10(14)8-15(19)18-13-9-11(16)6-7-12(13)17/h2-7,9H,8H2,1H3,(H,18,19). The third-order valence-electron chi connectivity index (χ3n) is 2.75. The number of anilines is 1. The molecule has 0 atom stereocenters. The minimum Gasteiger partial charge on any atom is -0.496 e. The zero-order valence-electron chi connectivity index (χ0n) is 10.8. The molecule has 0 aliphatic carbocycles. The number of hydrogen-bond donors (Lipinski definition) is 1. The normalized spacial score (nSPS) is 10.2. The Kier molecular flexibility index (Phi) is 5.04. The first-order chi connectivity index (χ1) is 9.60. The van der Waals surface area contributed by atoms with E-state index in [0.717, 1.165) is 10.0 Å². The minimum atomic E-state index is -0.144. The van der Waals surface area contributed by atoms with Crippen LogP contribution in [0, 0.1) is 0 Å². The van der Waals surface area contributed by atoms with Gasteiger partial charge in [0.2, 0.25) is 5.91 Å². The van der Waals surface area contributed by atoms with Crippen LogP contribution in [-0.4, -0.2) is 13.0 Å². The number of ether oxygens (including phenoxy) is 1. The predicted octanol–water partition coefficient (Wildman–Crippen LogP) is 4.29. The molecule has 20 heavy (non-hydrogen) atoms. The van der Waals surface area contributed by atoms with Gasteiger partial charge in [-0.1, -0.05) is 45.7 Å². The first kappa shape index (κ1) is 14.9. The average Bonchev–Trinajstić information content (AvgIpc) is 2.43. The van der Waals surface area contributed by atoms with Crippen molar-refractivity contribution in [3.8, 4) is 5.75 Å². The quantitative estimate of drug-likeness (QED) is 0.889. The molecule has 104 valence electrons. The molecule has 0 bridgehead atoms. The van der Waals surface area contributed by atoms with Crippen molar-refractivity contribution in [3.63, 3.8) is 0 Å². The van der Waals surface area contributed by atoms with Crippen LogP contribution < -0.4 is 10.1 Å². The first-order valence-electron chi connectivity index (χ1n) is 5.97. The van der Waals surface area contributed by atoms with Gasteiger partial charge in [-0.3, -0.25) is 4.79 Å². The Labute approximate surface area is 131 Å². The zero-order chi connectivity index (χ0) is 14.5. The molecule has 2 rings (SSSR count). The van der Waals surface area contributed by atoms with Gasteiger partial charge < -0.3 is 10.1 Å². The molecule has 0 unspecified atom stereocenters. The van der Waals surface area contributed by atoms with E-state index in [-0.39, 0.29) is 12.3 Å². The molecular formula is C15H13BrClNO2. The van der Waals surface area contributed by atoms with Crippen molar-refractivity contribution in [1.82, 2.24) is 0 Å². The minimum absolute atomic E-state index is 0.144. The third-order valence-corrected chi connectivity index (χ3v) is 3.57. The lowest BCUT2D eigenvalue weighted by Crippen LogP contribution is -2.15. The van der Waals surface area contributed by atoms with Crippen LogP contribution in [0.2, 0.25) is 5.02 Å². The first-order valence-corrected chi connectivity index (χ1v) is 7.14. The van der Waals surface area contributed by atoms with E-state index < -0.39 is 0 Å². The topological polar surface area (TPSA) is 38.3 Å². The van der Waals surface area contributed by atoms with E-state index in [2.05, 4.69) is 21.2 Å². The number of benzene rings is 2. The van der Waals surface area contributed by atoms with Crippen LogP contribution in [0.3, 0.4) is 0 Å². The van der Waals surface area contributed by atoms with E-state index in [1.807, 2.05) is 30.3 Å². The lowest BCUT2D eigenvalue weighted by atomic mass is 10.1. The molecule has 3 nitrogen and oxygen atoms in total. The summed E-state index contributed by atoms with van der Waals surface area (Å²) in [6, 6.07) is 12.7. The van der Waals surface area contributed by atoms with Crippen molar-refractivity contribution in [2.45, 2.75) is 6.42 Å². The van der Waals surface area contributed by atoms with Crippen LogP contribution in [0.15, 0.2) is 46.9 Å². The number of methoxy groups -OCH3 is 1. The highest BCUT2D eigenvalue weighted by atomic mass is 79.9. The van der Waals surface area contributed by atoms with Crippen LogP contribution in [0.25, 0.3) is 0 Å². The summed E-state index contributed by atoms with van der Waals surface area (Å²) in [5.41, 5.74) is 1.42. The van der Waals surface area contributed by atoms with Crippen molar-refractivity contribution in [2.75, 3.05) is 12.4 Å². The highest BCUT2D eigenvalue weighted by molar-refractivity contribution is 9.10. The molecule has 0 saturated heterocycles. The summed E-state index contributed by atoms with van der Waals surface area (Å²) >= 11 is 9.39. The monoisotopic (exact) mass is 353 g/mol. The second-order valence-corrected chi connectivity index (χ2v) is 5.48. The van der Waals surface area contributed by atoms with Crippen LogP contribution in [-0.2, 0) is 11.2 Å². The Morgan fingerprint density at radius 3 is 2.80 bits per heavy atom. The highest BCUT2D eigenvalue weighted by Gasteiger charge is 2.10. The SMILES string of the molecule is COc1ccccc1CC(=O)Nc1cc(Br)ccc1Cl. The summed E-state index contributed by atoms with van der Waals surface area (Å²) in [4.78, 5) is 12.1. The van der Waals surface area contributed by atoms with Crippen molar-refractivity contribution in [1.29, 1.82) is 0 Å². The zero-order valence-corrected chi connectivity index (χ0v) is 13.2. The van der Waals surface area contributed by atoms with E-state index in [1.165, 1.54) is 0 Å². The summed E-state index contributed by atoms with van der Waals surface area (Å²) in [6.07, 6.45) is 0.229. The Bertz CT molecular complexity index is 631. The fourth-order valence-corrected chi connectivity index (χ4v) is 2.34. The van der Waals surface area contributed by atoms with Gasteiger partial charge in [0.05, 0.1) is 24.2 Å². The highest BCUT2D eigenvalue weighted by Crippen LogP contribution is 2.26. The lowest BCUT2D eigenvalue weighted by molar-refractivity contribution is -0.115. The van der Waals surface area contributed by atoms with E-state index >= 15 is 0 Å². The maximum atomic E-state index is 12.1. The van der Waals surface area contributed by atoms with Gasteiger partial charge in [-0.25, -0.2) is 0 Å². The number of para-hydroxylation sites is 1. The molecule has 0 aliphatic rings. The van der Waals surface area contributed by atoms with Crippen molar-refractivity contribution in [3.05, 3.63) is 57.5 Å².